The molecule has 0 amide bonds. The van der Waals surface area contributed by atoms with Crippen LogP contribution in [0.25, 0.3) is 66.1 Å². The molecule has 1 aliphatic rings. The molecule has 1 saturated heterocycles. The van der Waals surface area contributed by atoms with Crippen LogP contribution in [0.15, 0.2) is 152 Å². The molecule has 228 valence electrons. The average molecular weight is 609 g/mol. The molecule has 1 fully saturated rings. The van der Waals surface area contributed by atoms with E-state index in [1.807, 2.05) is 0 Å². The molecule has 0 atom stereocenters. The fraction of sp³-hybridized carbons (Fsp3) is 0.136. The van der Waals surface area contributed by atoms with Crippen LogP contribution in [0.1, 0.15) is 27.7 Å². The van der Waals surface area contributed by atoms with E-state index in [4.69, 9.17) is 9.31 Å². The summed E-state index contributed by atoms with van der Waals surface area (Å²) in [5.41, 5.74) is 10.0. The summed E-state index contributed by atoms with van der Waals surface area (Å²) in [7, 11) is -0.356. The summed E-state index contributed by atoms with van der Waals surface area (Å²) in [6, 6.07) is 55.0. The second-order valence-electron chi connectivity index (χ2n) is 13.7. The summed E-state index contributed by atoms with van der Waals surface area (Å²) in [4.78, 5) is 0. The van der Waals surface area contributed by atoms with Gasteiger partial charge in [-0.15, -0.1) is 0 Å². The predicted octanol–water partition coefficient (Wildman–Crippen LogP) is 11.0. The van der Waals surface area contributed by atoms with E-state index >= 15 is 0 Å². The molecule has 0 radical (unpaired) electrons. The lowest BCUT2D eigenvalue weighted by Gasteiger charge is -2.32. The average Bonchev–Trinajstić information content (AvgIpc) is 3.33. The van der Waals surface area contributed by atoms with Crippen LogP contribution in [0.3, 0.4) is 0 Å². The topological polar surface area (TPSA) is 18.5 Å². The lowest BCUT2D eigenvalue weighted by Crippen LogP contribution is -2.41. The summed E-state index contributed by atoms with van der Waals surface area (Å²) >= 11 is 0. The SMILES string of the molecule is CC1(C)OB(c2ccc(-c3cccc(-c4ccc5cc(-c6ccccc6-c6ccc7ccccc7c6)ccc5c4)c3)cc2)OC1(C)C. The van der Waals surface area contributed by atoms with Crippen LogP contribution in [0.5, 0.6) is 0 Å². The lowest BCUT2D eigenvalue weighted by molar-refractivity contribution is 0.00578. The lowest BCUT2D eigenvalue weighted by atomic mass is 9.78. The highest BCUT2D eigenvalue weighted by Gasteiger charge is 2.51. The van der Waals surface area contributed by atoms with Crippen molar-refractivity contribution >= 4 is 34.1 Å². The molecular formula is C44H37BO2. The summed E-state index contributed by atoms with van der Waals surface area (Å²) in [6.45, 7) is 8.35. The third-order valence-electron chi connectivity index (χ3n) is 10.1. The Morgan fingerprint density at radius 2 is 0.787 bits per heavy atom. The summed E-state index contributed by atoms with van der Waals surface area (Å²) in [5, 5.41) is 4.98. The van der Waals surface area contributed by atoms with Crippen molar-refractivity contribution in [2.75, 3.05) is 0 Å². The van der Waals surface area contributed by atoms with E-state index in [1.165, 1.54) is 66.1 Å². The van der Waals surface area contributed by atoms with Crippen LogP contribution in [0.4, 0.5) is 0 Å². The summed E-state index contributed by atoms with van der Waals surface area (Å²) in [5.74, 6) is 0. The van der Waals surface area contributed by atoms with Gasteiger partial charge in [-0.3, -0.25) is 0 Å². The molecule has 0 spiro atoms. The number of rotatable bonds is 5. The number of fused-ring (bicyclic) bond motifs is 2. The third-order valence-corrected chi connectivity index (χ3v) is 10.1. The highest BCUT2D eigenvalue weighted by Crippen LogP contribution is 2.38. The van der Waals surface area contributed by atoms with E-state index in [0.29, 0.717) is 0 Å². The normalized spacial score (nSPS) is 15.4. The van der Waals surface area contributed by atoms with Crippen LogP contribution in [-0.2, 0) is 9.31 Å². The van der Waals surface area contributed by atoms with Crippen molar-refractivity contribution in [3.05, 3.63) is 152 Å². The first-order chi connectivity index (χ1) is 22.7. The van der Waals surface area contributed by atoms with Crippen LogP contribution in [0.2, 0.25) is 0 Å². The van der Waals surface area contributed by atoms with Gasteiger partial charge in [-0.25, -0.2) is 0 Å². The van der Waals surface area contributed by atoms with Gasteiger partial charge in [-0.05, 0) is 123 Å². The van der Waals surface area contributed by atoms with Crippen molar-refractivity contribution in [3.8, 4) is 44.5 Å². The van der Waals surface area contributed by atoms with E-state index < -0.39 is 0 Å². The van der Waals surface area contributed by atoms with Crippen molar-refractivity contribution in [1.82, 2.24) is 0 Å². The minimum absolute atomic E-state index is 0.353. The first kappa shape index (κ1) is 29.4. The Labute approximate surface area is 277 Å². The van der Waals surface area contributed by atoms with Crippen LogP contribution < -0.4 is 5.46 Å². The van der Waals surface area contributed by atoms with E-state index in [0.717, 1.165) is 5.46 Å². The van der Waals surface area contributed by atoms with Gasteiger partial charge >= 0.3 is 7.12 Å². The van der Waals surface area contributed by atoms with Crippen molar-refractivity contribution in [2.24, 2.45) is 0 Å². The molecule has 0 aromatic heterocycles. The maximum Gasteiger partial charge on any atom is 0.494 e. The van der Waals surface area contributed by atoms with E-state index in [9.17, 15) is 0 Å². The highest BCUT2D eigenvalue weighted by atomic mass is 16.7. The first-order valence-electron chi connectivity index (χ1n) is 16.4. The molecule has 7 aromatic carbocycles. The number of benzene rings is 7. The molecule has 1 aliphatic heterocycles. The van der Waals surface area contributed by atoms with Crippen molar-refractivity contribution in [1.29, 1.82) is 0 Å². The molecule has 3 heteroatoms. The van der Waals surface area contributed by atoms with Gasteiger partial charge in [0.05, 0.1) is 11.2 Å². The van der Waals surface area contributed by atoms with Crippen LogP contribution >= 0.6 is 0 Å². The van der Waals surface area contributed by atoms with Gasteiger partial charge in [-0.1, -0.05) is 127 Å². The number of hydrogen-bond donors (Lipinski definition) is 0. The first-order valence-corrected chi connectivity index (χ1v) is 16.4. The van der Waals surface area contributed by atoms with Crippen molar-refractivity contribution in [3.63, 3.8) is 0 Å². The van der Waals surface area contributed by atoms with Crippen molar-refractivity contribution in [2.45, 2.75) is 38.9 Å². The molecule has 0 N–H and O–H groups in total. The molecule has 2 nitrogen and oxygen atoms in total. The minimum Gasteiger partial charge on any atom is -0.399 e. The third kappa shape index (κ3) is 5.46. The molecule has 0 saturated carbocycles. The van der Waals surface area contributed by atoms with Crippen molar-refractivity contribution < 1.29 is 9.31 Å². The quantitative estimate of drug-likeness (QED) is 0.181. The van der Waals surface area contributed by atoms with Gasteiger partial charge in [-0.2, -0.15) is 0 Å². The van der Waals surface area contributed by atoms with Gasteiger partial charge in [0.15, 0.2) is 0 Å². The Balaban J connectivity index is 1.07. The minimum atomic E-state index is -0.356. The zero-order chi connectivity index (χ0) is 32.2. The van der Waals surface area contributed by atoms with Gasteiger partial charge in [0.25, 0.3) is 0 Å². The largest absolute Gasteiger partial charge is 0.494 e. The van der Waals surface area contributed by atoms with E-state index in [-0.39, 0.29) is 18.3 Å². The maximum atomic E-state index is 6.26. The molecule has 0 unspecified atom stereocenters. The second-order valence-corrected chi connectivity index (χ2v) is 13.7. The molecular weight excluding hydrogens is 571 g/mol. The standard InChI is InChI=1S/C44H37BO2/c1-43(2)44(3,4)47-45(46-43)40-24-22-31(23-25-40)33-12-9-13-34(26-33)35-17-18-37-29-39(21-19-36(37)27-35)42-15-8-7-14-41(42)38-20-16-30-10-5-6-11-32(30)28-38/h5-29H,1-4H3. The summed E-state index contributed by atoms with van der Waals surface area (Å²) < 4.78 is 12.5. The summed E-state index contributed by atoms with van der Waals surface area (Å²) in [6.07, 6.45) is 0. The smallest absolute Gasteiger partial charge is 0.399 e. The Morgan fingerprint density at radius 3 is 1.40 bits per heavy atom. The Bertz CT molecular complexity index is 2250. The monoisotopic (exact) mass is 608 g/mol. The Kier molecular flexibility index (Phi) is 7.13. The predicted molar refractivity (Wildman–Crippen MR) is 199 cm³/mol. The van der Waals surface area contributed by atoms with E-state index in [2.05, 4.69) is 179 Å². The van der Waals surface area contributed by atoms with Gasteiger partial charge < -0.3 is 9.31 Å². The van der Waals surface area contributed by atoms with E-state index in [1.54, 1.807) is 0 Å². The second kappa shape index (κ2) is 11.4. The molecule has 47 heavy (non-hydrogen) atoms. The van der Waals surface area contributed by atoms with Gasteiger partial charge in [0.1, 0.15) is 0 Å². The Morgan fingerprint density at radius 1 is 0.362 bits per heavy atom. The van der Waals surface area contributed by atoms with Crippen LogP contribution in [0, 0.1) is 0 Å². The van der Waals surface area contributed by atoms with Gasteiger partial charge in [0.2, 0.25) is 0 Å². The molecule has 1 heterocycles. The Hall–Kier alpha value is -4.96. The van der Waals surface area contributed by atoms with Crippen LogP contribution in [-0.4, -0.2) is 18.3 Å². The number of hydrogen-bond acceptors (Lipinski definition) is 2. The maximum absolute atomic E-state index is 6.26. The molecule has 0 aliphatic carbocycles. The molecule has 8 rings (SSSR count). The zero-order valence-electron chi connectivity index (χ0n) is 27.3. The fourth-order valence-electron chi connectivity index (χ4n) is 6.63. The fourth-order valence-corrected chi connectivity index (χ4v) is 6.63. The highest BCUT2D eigenvalue weighted by molar-refractivity contribution is 6.62. The zero-order valence-corrected chi connectivity index (χ0v) is 27.3. The van der Waals surface area contributed by atoms with Gasteiger partial charge in [0, 0.05) is 0 Å². The molecule has 7 aromatic rings. The molecule has 0 bridgehead atoms.